The lowest BCUT2D eigenvalue weighted by Crippen LogP contribution is -2.20. The van der Waals surface area contributed by atoms with Crippen LogP contribution < -0.4 is 0 Å². The number of benzene rings is 1. The normalized spacial score (nSPS) is 11.5. The van der Waals surface area contributed by atoms with Crippen molar-refractivity contribution in [1.82, 2.24) is 29.0 Å². The second kappa shape index (κ2) is 7.72. The number of imidazole rings is 1. The highest BCUT2D eigenvalue weighted by atomic mass is 15.2. The molecule has 0 radical (unpaired) electrons. The fraction of sp³-hybridized carbons (Fsp3) is 0.286. The van der Waals surface area contributed by atoms with E-state index < -0.39 is 0 Å². The molecule has 0 bridgehead atoms. The fourth-order valence-electron chi connectivity index (χ4n) is 3.35. The Kier molecular flexibility index (Phi) is 4.98. The van der Waals surface area contributed by atoms with Gasteiger partial charge in [0, 0.05) is 55.9 Å². The van der Waals surface area contributed by atoms with Gasteiger partial charge in [0.15, 0.2) is 5.65 Å². The van der Waals surface area contributed by atoms with Crippen molar-refractivity contribution in [3.8, 4) is 11.1 Å². The summed E-state index contributed by atoms with van der Waals surface area (Å²) >= 11 is 0. The number of nitrogens with zero attached hydrogens (tertiary/aromatic N) is 6. The van der Waals surface area contributed by atoms with Crippen LogP contribution in [0.1, 0.15) is 17.8 Å². The van der Waals surface area contributed by atoms with Crippen LogP contribution in [0.25, 0.3) is 16.8 Å². The lowest BCUT2D eigenvalue weighted by atomic mass is 10.1. The van der Waals surface area contributed by atoms with Gasteiger partial charge >= 0.3 is 0 Å². The molecule has 138 valence electrons. The van der Waals surface area contributed by atoms with Gasteiger partial charge in [-0.05, 0) is 25.6 Å². The van der Waals surface area contributed by atoms with Crippen molar-refractivity contribution in [1.29, 1.82) is 0 Å². The van der Waals surface area contributed by atoms with E-state index >= 15 is 0 Å². The van der Waals surface area contributed by atoms with E-state index in [1.54, 1.807) is 0 Å². The molecule has 0 saturated carbocycles. The molecule has 0 unspecified atom stereocenters. The molecule has 0 aliphatic rings. The number of hydrogen-bond acceptors (Lipinski definition) is 4. The van der Waals surface area contributed by atoms with Crippen LogP contribution in [0, 0.1) is 0 Å². The Balaban J connectivity index is 1.40. The number of fused-ring (bicyclic) bond motifs is 1. The zero-order valence-electron chi connectivity index (χ0n) is 15.8. The maximum absolute atomic E-state index is 4.66. The van der Waals surface area contributed by atoms with Gasteiger partial charge in [0.1, 0.15) is 5.82 Å². The largest absolute Gasteiger partial charge is 0.338 e. The molecule has 3 aromatic heterocycles. The first-order valence-corrected chi connectivity index (χ1v) is 9.23. The number of rotatable bonds is 7. The van der Waals surface area contributed by atoms with E-state index in [0.29, 0.717) is 0 Å². The monoisotopic (exact) mass is 360 g/mol. The van der Waals surface area contributed by atoms with Crippen molar-refractivity contribution in [2.24, 2.45) is 7.05 Å². The minimum Gasteiger partial charge on any atom is -0.338 e. The lowest BCUT2D eigenvalue weighted by molar-refractivity contribution is 0.320. The van der Waals surface area contributed by atoms with E-state index in [-0.39, 0.29) is 0 Å². The minimum atomic E-state index is 0.851. The first kappa shape index (κ1) is 17.4. The number of aromatic nitrogens is 5. The predicted octanol–water partition coefficient (Wildman–Crippen LogP) is 3.19. The van der Waals surface area contributed by atoms with Crippen LogP contribution in [0.3, 0.4) is 0 Å². The average molecular weight is 360 g/mol. The molecule has 0 amide bonds. The Bertz CT molecular complexity index is 1020. The van der Waals surface area contributed by atoms with Gasteiger partial charge in [0.25, 0.3) is 0 Å². The summed E-state index contributed by atoms with van der Waals surface area (Å²) < 4.78 is 3.96. The van der Waals surface area contributed by atoms with Gasteiger partial charge in [-0.15, -0.1) is 0 Å². The van der Waals surface area contributed by atoms with E-state index in [2.05, 4.69) is 49.9 Å². The Labute approximate surface area is 159 Å². The molecule has 4 rings (SSSR count). The second-order valence-electron chi connectivity index (χ2n) is 6.95. The van der Waals surface area contributed by atoms with Gasteiger partial charge in [-0.3, -0.25) is 0 Å². The van der Waals surface area contributed by atoms with Crippen molar-refractivity contribution in [2.45, 2.75) is 19.4 Å². The van der Waals surface area contributed by atoms with Gasteiger partial charge in [-0.2, -0.15) is 5.10 Å². The molecule has 4 aromatic rings. The van der Waals surface area contributed by atoms with Crippen molar-refractivity contribution in [2.75, 3.05) is 13.6 Å². The van der Waals surface area contributed by atoms with Crippen LogP contribution in [0.5, 0.6) is 0 Å². The summed E-state index contributed by atoms with van der Waals surface area (Å²) in [5, 5.41) is 4.49. The van der Waals surface area contributed by atoms with E-state index in [0.717, 1.165) is 54.1 Å². The molecule has 3 heterocycles. The van der Waals surface area contributed by atoms with Crippen molar-refractivity contribution < 1.29 is 0 Å². The highest BCUT2D eigenvalue weighted by molar-refractivity contribution is 5.76. The van der Waals surface area contributed by atoms with Crippen molar-refractivity contribution >= 4 is 5.65 Å². The summed E-state index contributed by atoms with van der Waals surface area (Å²) in [5.74, 6) is 1.14. The second-order valence-corrected chi connectivity index (χ2v) is 6.95. The minimum absolute atomic E-state index is 0.851. The molecular weight excluding hydrogens is 336 g/mol. The molecule has 6 heteroatoms. The maximum Gasteiger partial charge on any atom is 0.162 e. The third-order valence-corrected chi connectivity index (χ3v) is 4.81. The summed E-state index contributed by atoms with van der Waals surface area (Å²) in [4.78, 5) is 11.4. The Hall–Kier alpha value is -2.99. The molecule has 6 nitrogen and oxygen atoms in total. The first-order valence-electron chi connectivity index (χ1n) is 9.23. The highest BCUT2D eigenvalue weighted by Gasteiger charge is 2.09. The third-order valence-electron chi connectivity index (χ3n) is 4.81. The molecule has 0 atom stereocenters. The van der Waals surface area contributed by atoms with Crippen LogP contribution in [-0.2, 0) is 20.0 Å². The molecule has 27 heavy (non-hydrogen) atoms. The topological polar surface area (TPSA) is 51.2 Å². The van der Waals surface area contributed by atoms with Gasteiger partial charge in [0.2, 0.25) is 0 Å². The predicted molar refractivity (Wildman–Crippen MR) is 106 cm³/mol. The summed E-state index contributed by atoms with van der Waals surface area (Å²) in [6.07, 6.45) is 11.8. The number of aryl methyl sites for hydroxylation is 2. The van der Waals surface area contributed by atoms with Crippen molar-refractivity contribution in [3.63, 3.8) is 0 Å². The fourth-order valence-corrected chi connectivity index (χ4v) is 3.35. The van der Waals surface area contributed by atoms with E-state index in [4.69, 9.17) is 0 Å². The summed E-state index contributed by atoms with van der Waals surface area (Å²) in [6, 6.07) is 10.3. The zero-order chi connectivity index (χ0) is 18.6. The Morgan fingerprint density at radius 2 is 1.93 bits per heavy atom. The average Bonchev–Trinajstić information content (AvgIpc) is 3.28. The van der Waals surface area contributed by atoms with Gasteiger partial charge in [-0.25, -0.2) is 14.5 Å². The molecular formula is C21H24N6. The smallest absolute Gasteiger partial charge is 0.162 e. The van der Waals surface area contributed by atoms with Crippen molar-refractivity contribution in [3.05, 3.63) is 72.7 Å². The van der Waals surface area contributed by atoms with Crippen LogP contribution in [-0.4, -0.2) is 42.6 Å². The first-order chi connectivity index (χ1) is 13.2. The Morgan fingerprint density at radius 3 is 2.70 bits per heavy atom. The quantitative estimate of drug-likeness (QED) is 0.508. The molecule has 1 aromatic carbocycles. The van der Waals surface area contributed by atoms with Gasteiger partial charge in [0.05, 0.1) is 6.20 Å². The highest BCUT2D eigenvalue weighted by Crippen LogP contribution is 2.22. The molecule has 0 saturated heterocycles. The van der Waals surface area contributed by atoms with E-state index in [1.165, 1.54) is 0 Å². The molecule has 0 N–H and O–H groups in total. The van der Waals surface area contributed by atoms with Gasteiger partial charge < -0.3 is 9.47 Å². The summed E-state index contributed by atoms with van der Waals surface area (Å²) in [7, 11) is 4.18. The van der Waals surface area contributed by atoms with Crippen LogP contribution in [0.2, 0.25) is 0 Å². The standard InChI is InChI=1S/C21H24N6/c1-25(11-6-9-20-22-10-12-26(20)2)15-17-13-23-21-19(14-24-27(21)16-17)18-7-4-3-5-8-18/h3-5,7-8,10,12-14,16H,6,9,11,15H2,1-2H3. The summed E-state index contributed by atoms with van der Waals surface area (Å²) in [5.41, 5.74) is 4.25. The maximum atomic E-state index is 4.66. The van der Waals surface area contributed by atoms with E-state index in [9.17, 15) is 0 Å². The molecule has 0 aliphatic heterocycles. The van der Waals surface area contributed by atoms with Crippen LogP contribution in [0.4, 0.5) is 0 Å². The van der Waals surface area contributed by atoms with Gasteiger partial charge in [-0.1, -0.05) is 30.3 Å². The molecule has 0 spiro atoms. The Morgan fingerprint density at radius 1 is 1.07 bits per heavy atom. The third kappa shape index (κ3) is 3.90. The molecule has 0 aliphatic carbocycles. The molecule has 0 fully saturated rings. The summed E-state index contributed by atoms with van der Waals surface area (Å²) in [6.45, 7) is 1.86. The van der Waals surface area contributed by atoms with Crippen LogP contribution >= 0.6 is 0 Å². The number of hydrogen-bond donors (Lipinski definition) is 0. The lowest BCUT2D eigenvalue weighted by Gasteiger charge is -2.16. The van der Waals surface area contributed by atoms with E-state index in [1.807, 2.05) is 54.5 Å². The zero-order valence-corrected chi connectivity index (χ0v) is 15.8. The van der Waals surface area contributed by atoms with Crippen LogP contribution in [0.15, 0.2) is 61.3 Å². The SMILES string of the molecule is CN(CCCc1nccn1C)Cc1cnc2c(-c3ccccc3)cnn2c1.